The number of para-hydroxylation sites is 1. The Labute approximate surface area is 114 Å². The Morgan fingerprint density at radius 1 is 1.35 bits per heavy atom. The van der Waals surface area contributed by atoms with E-state index < -0.39 is 11.8 Å². The smallest absolute Gasteiger partial charge is 0.337 e. The van der Waals surface area contributed by atoms with Crippen LogP contribution in [0, 0.1) is 5.82 Å². The molecule has 0 amide bonds. The van der Waals surface area contributed by atoms with Crippen LogP contribution >= 0.6 is 0 Å². The van der Waals surface area contributed by atoms with Gasteiger partial charge in [-0.1, -0.05) is 6.07 Å². The second-order valence-corrected chi connectivity index (χ2v) is 4.05. The molecule has 0 saturated carbocycles. The average Bonchev–Trinajstić information content (AvgIpc) is 2.41. The number of methoxy groups -OCH3 is 1. The van der Waals surface area contributed by atoms with Gasteiger partial charge in [0.2, 0.25) is 0 Å². The Morgan fingerprint density at radius 2 is 2.10 bits per heavy atom. The van der Waals surface area contributed by atoms with Crippen LogP contribution in [0.4, 0.5) is 21.5 Å². The Morgan fingerprint density at radius 3 is 2.70 bits per heavy atom. The van der Waals surface area contributed by atoms with Gasteiger partial charge in [-0.2, -0.15) is 0 Å². The number of hydrogen-bond acceptors (Lipinski definition) is 4. The normalized spacial score (nSPS) is 10.1. The molecule has 0 spiro atoms. The lowest BCUT2D eigenvalue weighted by Gasteiger charge is -2.12. The fourth-order valence-electron chi connectivity index (χ4n) is 1.76. The van der Waals surface area contributed by atoms with Gasteiger partial charge in [0.15, 0.2) is 11.6 Å². The second-order valence-electron chi connectivity index (χ2n) is 4.05. The van der Waals surface area contributed by atoms with Crippen molar-refractivity contribution in [2.75, 3.05) is 18.2 Å². The van der Waals surface area contributed by atoms with Crippen molar-refractivity contribution in [3.05, 3.63) is 47.8 Å². The molecule has 0 unspecified atom stereocenters. The number of carboxylic acid groups (broad SMARTS) is 1. The van der Waals surface area contributed by atoms with Gasteiger partial charge in [-0.05, 0) is 24.3 Å². The molecule has 0 fully saturated rings. The van der Waals surface area contributed by atoms with Gasteiger partial charge >= 0.3 is 5.97 Å². The van der Waals surface area contributed by atoms with Crippen molar-refractivity contribution >= 4 is 23.0 Å². The summed E-state index contributed by atoms with van der Waals surface area (Å²) in [5, 5.41) is 11.9. The number of carboxylic acids is 1. The van der Waals surface area contributed by atoms with E-state index in [4.69, 9.17) is 15.6 Å². The highest BCUT2D eigenvalue weighted by molar-refractivity contribution is 5.97. The fraction of sp³-hybridized carbons (Fsp3) is 0.0714. The summed E-state index contributed by atoms with van der Waals surface area (Å²) >= 11 is 0. The SMILES string of the molecule is COc1ccc(Nc2cccc(C(=O)O)c2N)cc1F. The first-order valence-corrected chi connectivity index (χ1v) is 5.75. The summed E-state index contributed by atoms with van der Waals surface area (Å²) in [5.41, 5.74) is 6.69. The molecule has 0 aliphatic rings. The van der Waals surface area contributed by atoms with E-state index in [2.05, 4.69) is 5.32 Å². The van der Waals surface area contributed by atoms with Gasteiger partial charge in [0.05, 0.1) is 24.0 Å². The molecule has 0 bridgehead atoms. The second kappa shape index (κ2) is 5.48. The molecular formula is C14H13FN2O3. The highest BCUT2D eigenvalue weighted by Crippen LogP contribution is 2.28. The van der Waals surface area contributed by atoms with E-state index in [1.807, 2.05) is 0 Å². The minimum atomic E-state index is -1.12. The van der Waals surface area contributed by atoms with Crippen LogP contribution in [0.3, 0.4) is 0 Å². The van der Waals surface area contributed by atoms with Crippen molar-refractivity contribution < 1.29 is 19.0 Å². The summed E-state index contributed by atoms with van der Waals surface area (Å²) in [7, 11) is 1.37. The van der Waals surface area contributed by atoms with Crippen LogP contribution in [0.2, 0.25) is 0 Å². The van der Waals surface area contributed by atoms with Gasteiger partial charge in [-0.15, -0.1) is 0 Å². The molecule has 2 aromatic rings. The van der Waals surface area contributed by atoms with E-state index in [-0.39, 0.29) is 17.0 Å². The number of halogens is 1. The molecule has 0 atom stereocenters. The van der Waals surface area contributed by atoms with Crippen LogP contribution in [-0.2, 0) is 0 Å². The number of ether oxygens (including phenoxy) is 1. The third-order valence-corrected chi connectivity index (χ3v) is 2.77. The Kier molecular flexibility index (Phi) is 3.74. The van der Waals surface area contributed by atoms with Crippen LogP contribution in [0.1, 0.15) is 10.4 Å². The first-order valence-electron chi connectivity index (χ1n) is 5.75. The molecular weight excluding hydrogens is 263 g/mol. The number of hydrogen-bond donors (Lipinski definition) is 3. The molecule has 4 N–H and O–H groups in total. The largest absolute Gasteiger partial charge is 0.494 e. The van der Waals surface area contributed by atoms with Gasteiger partial charge in [-0.25, -0.2) is 9.18 Å². The van der Waals surface area contributed by atoms with E-state index in [9.17, 15) is 9.18 Å². The summed E-state index contributed by atoms with van der Waals surface area (Å²) in [6.45, 7) is 0. The van der Waals surface area contributed by atoms with Gasteiger partial charge in [0, 0.05) is 11.8 Å². The molecule has 2 rings (SSSR count). The number of nitrogen functional groups attached to an aromatic ring is 1. The number of nitrogens with one attached hydrogen (secondary N) is 1. The molecule has 0 aromatic heterocycles. The third-order valence-electron chi connectivity index (χ3n) is 2.77. The Balaban J connectivity index is 2.33. The summed E-state index contributed by atoms with van der Waals surface area (Å²) in [4.78, 5) is 11.0. The maximum absolute atomic E-state index is 13.6. The molecule has 0 aliphatic carbocycles. The van der Waals surface area contributed by atoms with Crippen molar-refractivity contribution in [2.24, 2.45) is 0 Å². The standard InChI is InChI=1S/C14H13FN2O3/c1-20-12-6-5-8(7-10(12)15)17-11-4-2-3-9(13(11)16)14(18)19/h2-7,17H,16H2,1H3,(H,18,19). The molecule has 2 aromatic carbocycles. The Hall–Kier alpha value is -2.76. The predicted octanol–water partition coefficient (Wildman–Crippen LogP) is 2.86. The maximum Gasteiger partial charge on any atom is 0.337 e. The van der Waals surface area contributed by atoms with Gasteiger partial charge < -0.3 is 20.9 Å². The molecule has 0 heterocycles. The van der Waals surface area contributed by atoms with E-state index in [1.54, 1.807) is 18.2 Å². The summed E-state index contributed by atoms with van der Waals surface area (Å²) in [6, 6.07) is 8.89. The summed E-state index contributed by atoms with van der Waals surface area (Å²) in [5.74, 6) is -1.51. The number of carbonyl (C=O) groups is 1. The van der Waals surface area contributed by atoms with Crippen molar-refractivity contribution in [3.63, 3.8) is 0 Å². The van der Waals surface area contributed by atoms with Crippen molar-refractivity contribution in [1.29, 1.82) is 0 Å². The van der Waals surface area contributed by atoms with Crippen molar-refractivity contribution in [3.8, 4) is 5.75 Å². The van der Waals surface area contributed by atoms with E-state index >= 15 is 0 Å². The molecule has 104 valence electrons. The number of benzene rings is 2. The zero-order chi connectivity index (χ0) is 14.7. The lowest BCUT2D eigenvalue weighted by Crippen LogP contribution is -2.05. The van der Waals surface area contributed by atoms with E-state index in [0.29, 0.717) is 11.4 Å². The lowest BCUT2D eigenvalue weighted by atomic mass is 10.1. The van der Waals surface area contributed by atoms with Crippen LogP contribution in [-0.4, -0.2) is 18.2 Å². The monoisotopic (exact) mass is 276 g/mol. The van der Waals surface area contributed by atoms with Crippen molar-refractivity contribution in [2.45, 2.75) is 0 Å². The number of aromatic carboxylic acids is 1. The number of anilines is 3. The minimum absolute atomic E-state index is 0.0102. The van der Waals surface area contributed by atoms with E-state index in [1.165, 1.54) is 25.3 Å². The van der Waals surface area contributed by atoms with E-state index in [0.717, 1.165) is 0 Å². The number of rotatable bonds is 4. The molecule has 6 heteroatoms. The fourth-order valence-corrected chi connectivity index (χ4v) is 1.76. The average molecular weight is 276 g/mol. The molecule has 0 saturated heterocycles. The van der Waals surface area contributed by atoms with Gasteiger partial charge in [-0.3, -0.25) is 0 Å². The number of nitrogens with two attached hydrogens (primary N) is 1. The summed E-state index contributed by atoms with van der Waals surface area (Å²) < 4.78 is 18.4. The molecule has 0 radical (unpaired) electrons. The summed E-state index contributed by atoms with van der Waals surface area (Å²) in [6.07, 6.45) is 0. The topological polar surface area (TPSA) is 84.6 Å². The van der Waals surface area contributed by atoms with Gasteiger partial charge in [0.25, 0.3) is 0 Å². The minimum Gasteiger partial charge on any atom is -0.494 e. The zero-order valence-corrected chi connectivity index (χ0v) is 10.7. The molecule has 5 nitrogen and oxygen atoms in total. The molecule has 0 aliphatic heterocycles. The molecule has 20 heavy (non-hydrogen) atoms. The van der Waals surface area contributed by atoms with Crippen LogP contribution in [0.25, 0.3) is 0 Å². The highest BCUT2D eigenvalue weighted by atomic mass is 19.1. The highest BCUT2D eigenvalue weighted by Gasteiger charge is 2.11. The Bertz CT molecular complexity index is 659. The predicted molar refractivity (Wildman–Crippen MR) is 74.0 cm³/mol. The third kappa shape index (κ3) is 2.64. The zero-order valence-electron chi connectivity index (χ0n) is 10.7. The van der Waals surface area contributed by atoms with Crippen LogP contribution in [0.5, 0.6) is 5.75 Å². The first kappa shape index (κ1) is 13.7. The van der Waals surface area contributed by atoms with Crippen LogP contribution < -0.4 is 15.8 Å². The first-order chi connectivity index (χ1) is 9.52. The van der Waals surface area contributed by atoms with Crippen molar-refractivity contribution in [1.82, 2.24) is 0 Å². The van der Waals surface area contributed by atoms with Gasteiger partial charge in [0.1, 0.15) is 0 Å². The maximum atomic E-state index is 13.6. The quantitative estimate of drug-likeness (QED) is 0.748. The lowest BCUT2D eigenvalue weighted by molar-refractivity contribution is 0.0698. The van der Waals surface area contributed by atoms with Crippen LogP contribution in [0.15, 0.2) is 36.4 Å².